The molecule has 1 amide bonds. The fourth-order valence-electron chi connectivity index (χ4n) is 3.67. The lowest BCUT2D eigenvalue weighted by Crippen LogP contribution is -2.33. The maximum atomic E-state index is 11.5. The molecule has 0 bridgehead atoms. The SMILES string of the molecule is CNc1cc(C2CCC(OC(=O)NC(C)C)C2)[nH]n1.O=S1CCc2ccccc21. The van der Waals surface area contributed by atoms with Crippen LogP contribution in [0.25, 0.3) is 0 Å². The number of aryl methyl sites for hydroxylation is 1. The van der Waals surface area contributed by atoms with Crippen molar-refractivity contribution in [3.63, 3.8) is 0 Å². The number of benzene rings is 1. The second kappa shape index (κ2) is 9.91. The summed E-state index contributed by atoms with van der Waals surface area (Å²) in [5.74, 6) is 2.06. The first-order chi connectivity index (χ1) is 14.0. The maximum Gasteiger partial charge on any atom is 0.407 e. The van der Waals surface area contributed by atoms with E-state index in [2.05, 4.69) is 26.9 Å². The summed E-state index contributed by atoms with van der Waals surface area (Å²) in [4.78, 5) is 12.6. The van der Waals surface area contributed by atoms with Gasteiger partial charge in [0.1, 0.15) is 11.9 Å². The highest BCUT2D eigenvalue weighted by Crippen LogP contribution is 2.35. The van der Waals surface area contributed by atoms with Crippen LogP contribution in [0.5, 0.6) is 0 Å². The summed E-state index contributed by atoms with van der Waals surface area (Å²) in [6, 6.07) is 10.1. The fraction of sp³-hybridized carbons (Fsp3) is 0.524. The molecule has 1 aromatic heterocycles. The van der Waals surface area contributed by atoms with E-state index in [4.69, 9.17) is 4.74 Å². The van der Waals surface area contributed by atoms with Crippen molar-refractivity contribution in [3.8, 4) is 0 Å². The molecule has 0 radical (unpaired) electrons. The normalized spacial score (nSPS) is 22.6. The number of carbonyl (C=O) groups excluding carboxylic acids is 1. The molecule has 4 rings (SSSR count). The van der Waals surface area contributed by atoms with Crippen LogP contribution >= 0.6 is 0 Å². The number of anilines is 1. The molecule has 7 nitrogen and oxygen atoms in total. The maximum absolute atomic E-state index is 11.5. The van der Waals surface area contributed by atoms with E-state index in [1.54, 1.807) is 0 Å². The van der Waals surface area contributed by atoms with Crippen molar-refractivity contribution in [1.29, 1.82) is 0 Å². The Labute approximate surface area is 174 Å². The largest absolute Gasteiger partial charge is 0.446 e. The number of rotatable bonds is 4. The van der Waals surface area contributed by atoms with E-state index in [9.17, 15) is 9.00 Å². The molecule has 2 aliphatic rings. The molecule has 1 saturated carbocycles. The lowest BCUT2D eigenvalue weighted by Gasteiger charge is -2.14. The van der Waals surface area contributed by atoms with Gasteiger partial charge in [0.15, 0.2) is 0 Å². The molecule has 1 aromatic carbocycles. The molecular weight excluding hydrogens is 388 g/mol. The average Bonchev–Trinajstić information content (AvgIpc) is 3.42. The highest BCUT2D eigenvalue weighted by Gasteiger charge is 2.29. The smallest absolute Gasteiger partial charge is 0.407 e. The Balaban J connectivity index is 0.000000200. The number of alkyl carbamates (subject to hydrolysis) is 1. The van der Waals surface area contributed by atoms with Gasteiger partial charge in [-0.25, -0.2) is 4.79 Å². The van der Waals surface area contributed by atoms with E-state index >= 15 is 0 Å². The lowest BCUT2D eigenvalue weighted by molar-refractivity contribution is 0.0981. The topological polar surface area (TPSA) is 96.1 Å². The number of H-pyrrole nitrogens is 1. The summed E-state index contributed by atoms with van der Waals surface area (Å²) in [7, 11) is 1.15. The minimum absolute atomic E-state index is 0.00471. The molecule has 2 aromatic rings. The van der Waals surface area contributed by atoms with Gasteiger partial charge in [-0.15, -0.1) is 0 Å². The first kappa shape index (κ1) is 21.4. The Morgan fingerprint density at radius 3 is 2.79 bits per heavy atom. The number of aromatic amines is 1. The third-order valence-corrected chi connectivity index (χ3v) is 6.60. The molecule has 0 spiro atoms. The molecule has 3 unspecified atom stereocenters. The number of nitrogens with zero attached hydrogens (tertiary/aromatic N) is 1. The van der Waals surface area contributed by atoms with Crippen molar-refractivity contribution in [2.45, 2.75) is 62.5 Å². The second-order valence-corrected chi connectivity index (χ2v) is 9.24. The summed E-state index contributed by atoms with van der Waals surface area (Å²) in [5, 5.41) is 12.9. The van der Waals surface area contributed by atoms with Crippen LogP contribution < -0.4 is 10.6 Å². The molecule has 2 heterocycles. The summed E-state index contributed by atoms with van der Waals surface area (Å²) >= 11 is 0. The van der Waals surface area contributed by atoms with Crippen LogP contribution in [0, 0.1) is 0 Å². The molecule has 3 atom stereocenters. The van der Waals surface area contributed by atoms with Crippen LogP contribution in [0.4, 0.5) is 10.6 Å². The third-order valence-electron chi connectivity index (χ3n) is 5.13. The summed E-state index contributed by atoms with van der Waals surface area (Å²) in [6.45, 7) is 3.84. The van der Waals surface area contributed by atoms with Crippen LogP contribution in [-0.4, -0.2) is 45.4 Å². The number of ether oxygens (including phenoxy) is 1. The zero-order chi connectivity index (χ0) is 20.8. The zero-order valence-corrected chi connectivity index (χ0v) is 18.1. The van der Waals surface area contributed by atoms with Crippen LogP contribution in [0.3, 0.4) is 0 Å². The summed E-state index contributed by atoms with van der Waals surface area (Å²) < 4.78 is 16.6. The van der Waals surface area contributed by atoms with Gasteiger partial charge >= 0.3 is 6.09 Å². The Morgan fingerprint density at radius 1 is 1.31 bits per heavy atom. The average molecular weight is 419 g/mol. The molecule has 29 heavy (non-hydrogen) atoms. The Morgan fingerprint density at radius 2 is 2.10 bits per heavy atom. The van der Waals surface area contributed by atoms with Crippen molar-refractivity contribution in [2.75, 3.05) is 18.1 Å². The van der Waals surface area contributed by atoms with E-state index in [1.165, 1.54) is 5.56 Å². The highest BCUT2D eigenvalue weighted by molar-refractivity contribution is 7.85. The number of hydrogen-bond acceptors (Lipinski definition) is 5. The standard InChI is InChI=1S/C13H22N4O2.C8H8OS/c1-8(2)15-13(18)19-10-5-4-9(6-10)11-7-12(14-3)17-16-11;9-10-6-5-7-3-1-2-4-8(7)10/h7-10H,4-6H2,1-3H3,(H,15,18)(H2,14,16,17);1-4H,5-6H2. The number of fused-ring (bicyclic) bond motifs is 1. The molecule has 0 saturated heterocycles. The summed E-state index contributed by atoms with van der Waals surface area (Å²) in [5.41, 5.74) is 2.38. The highest BCUT2D eigenvalue weighted by atomic mass is 32.2. The van der Waals surface area contributed by atoms with Gasteiger partial charge in [-0.1, -0.05) is 18.2 Å². The van der Waals surface area contributed by atoms with Gasteiger partial charge in [-0.05, 0) is 51.2 Å². The predicted octanol–water partition coefficient (Wildman–Crippen LogP) is 3.57. The molecule has 1 aliphatic carbocycles. The monoisotopic (exact) mass is 418 g/mol. The van der Waals surface area contributed by atoms with Gasteiger partial charge < -0.3 is 15.4 Å². The Hall–Kier alpha value is -2.35. The first-order valence-electron chi connectivity index (χ1n) is 10.1. The van der Waals surface area contributed by atoms with Gasteiger partial charge in [0.05, 0.1) is 10.8 Å². The third kappa shape index (κ3) is 5.82. The Bertz CT molecular complexity index is 852. The molecule has 8 heteroatoms. The number of carbonyl (C=O) groups is 1. The van der Waals surface area contributed by atoms with Crippen LogP contribution in [0.15, 0.2) is 35.2 Å². The lowest BCUT2D eigenvalue weighted by atomic mass is 10.0. The number of nitrogens with one attached hydrogen (secondary N) is 3. The van der Waals surface area contributed by atoms with Crippen LogP contribution in [-0.2, 0) is 22.0 Å². The predicted molar refractivity (Wildman–Crippen MR) is 115 cm³/mol. The number of amides is 1. The molecule has 158 valence electrons. The van der Waals surface area contributed by atoms with Crippen molar-refractivity contribution in [1.82, 2.24) is 15.5 Å². The minimum Gasteiger partial charge on any atom is -0.446 e. The second-order valence-electron chi connectivity index (χ2n) is 7.70. The van der Waals surface area contributed by atoms with Gasteiger partial charge in [0, 0.05) is 41.4 Å². The van der Waals surface area contributed by atoms with Gasteiger partial charge in [-0.2, -0.15) is 5.10 Å². The molecule has 3 N–H and O–H groups in total. The first-order valence-corrected chi connectivity index (χ1v) is 11.4. The minimum atomic E-state index is -0.698. The van der Waals surface area contributed by atoms with Crippen molar-refractivity contribution in [3.05, 3.63) is 41.6 Å². The quantitative estimate of drug-likeness (QED) is 0.705. The number of hydrogen-bond donors (Lipinski definition) is 3. The molecule has 1 aliphatic heterocycles. The van der Waals surface area contributed by atoms with Crippen LogP contribution in [0.2, 0.25) is 0 Å². The summed E-state index contributed by atoms with van der Waals surface area (Å²) in [6.07, 6.45) is 3.46. The van der Waals surface area contributed by atoms with Crippen LogP contribution in [0.1, 0.15) is 50.3 Å². The molecule has 1 fully saturated rings. The van der Waals surface area contributed by atoms with E-state index in [1.807, 2.05) is 45.2 Å². The van der Waals surface area contributed by atoms with E-state index < -0.39 is 10.8 Å². The van der Waals surface area contributed by atoms with E-state index in [0.717, 1.165) is 47.8 Å². The van der Waals surface area contributed by atoms with Gasteiger partial charge in [0.25, 0.3) is 0 Å². The Kier molecular flexibility index (Phi) is 7.30. The number of aromatic nitrogens is 2. The van der Waals surface area contributed by atoms with E-state index in [-0.39, 0.29) is 18.2 Å². The van der Waals surface area contributed by atoms with E-state index in [0.29, 0.717) is 5.92 Å². The van der Waals surface area contributed by atoms with Crippen molar-refractivity contribution < 1.29 is 13.7 Å². The van der Waals surface area contributed by atoms with Crippen molar-refractivity contribution >= 4 is 22.7 Å². The fourth-order valence-corrected chi connectivity index (χ4v) is 4.99. The van der Waals surface area contributed by atoms with Gasteiger partial charge in [0.2, 0.25) is 0 Å². The molecular formula is C21H30N4O3S. The van der Waals surface area contributed by atoms with Gasteiger partial charge in [-0.3, -0.25) is 9.31 Å². The van der Waals surface area contributed by atoms with Crippen molar-refractivity contribution in [2.24, 2.45) is 0 Å². The zero-order valence-electron chi connectivity index (χ0n) is 17.2.